The van der Waals surface area contributed by atoms with Crippen LogP contribution in [-0.2, 0) is 0 Å². The molecule has 0 saturated carbocycles. The van der Waals surface area contributed by atoms with Crippen molar-refractivity contribution in [3.8, 4) is 5.75 Å². The van der Waals surface area contributed by atoms with Crippen molar-refractivity contribution in [2.24, 2.45) is 10.4 Å². The smallest absolute Gasteiger partial charge is 0.191 e. The number of hydrogen-bond acceptors (Lipinski definition) is 3. The molecule has 1 aromatic carbocycles. The molecule has 5 heteroatoms. The third kappa shape index (κ3) is 5.37. The molecule has 0 amide bonds. The lowest BCUT2D eigenvalue weighted by Gasteiger charge is -2.30. The van der Waals surface area contributed by atoms with Crippen LogP contribution in [0.15, 0.2) is 29.3 Å². The molecule has 2 rings (SSSR count). The molecular formula is C21H35N3O2. The average molecular weight is 362 g/mol. The lowest BCUT2D eigenvalue weighted by atomic mass is 9.79. The molecule has 0 aliphatic carbocycles. The summed E-state index contributed by atoms with van der Waals surface area (Å²) in [6, 6.07) is 8.31. The highest BCUT2D eigenvalue weighted by Gasteiger charge is 2.26. The maximum Gasteiger partial charge on any atom is 0.191 e. The monoisotopic (exact) mass is 361 g/mol. The van der Waals surface area contributed by atoms with Crippen molar-refractivity contribution in [1.29, 1.82) is 0 Å². The standard InChI is InChI=1S/C21H35N3O2/c1-4-21(5-2,12-13-25)16-24-20(22-6-3)23-15-17-11-14-26-19-10-8-7-9-18(17)19/h7-10,17,25H,4-6,11-16H2,1-3H3,(H2,22,23,24). The van der Waals surface area contributed by atoms with Gasteiger partial charge in [-0.15, -0.1) is 0 Å². The highest BCUT2D eigenvalue weighted by atomic mass is 16.5. The van der Waals surface area contributed by atoms with Crippen molar-refractivity contribution in [1.82, 2.24) is 10.6 Å². The minimum absolute atomic E-state index is 0.0857. The van der Waals surface area contributed by atoms with E-state index in [1.54, 1.807) is 0 Å². The van der Waals surface area contributed by atoms with Gasteiger partial charge in [0.05, 0.1) is 6.61 Å². The van der Waals surface area contributed by atoms with Crippen LogP contribution in [0.2, 0.25) is 0 Å². The van der Waals surface area contributed by atoms with E-state index in [4.69, 9.17) is 9.73 Å². The summed E-state index contributed by atoms with van der Waals surface area (Å²) in [6.07, 6.45) is 3.87. The zero-order valence-corrected chi connectivity index (χ0v) is 16.6. The number of rotatable bonds is 9. The van der Waals surface area contributed by atoms with Gasteiger partial charge in [-0.05, 0) is 49.7 Å². The van der Waals surface area contributed by atoms with Gasteiger partial charge in [-0.3, -0.25) is 4.99 Å². The fourth-order valence-corrected chi connectivity index (χ4v) is 3.58. The largest absolute Gasteiger partial charge is 0.493 e. The molecule has 1 aliphatic heterocycles. The van der Waals surface area contributed by atoms with Crippen molar-refractivity contribution in [2.45, 2.75) is 52.4 Å². The van der Waals surface area contributed by atoms with Crippen molar-refractivity contribution < 1.29 is 9.84 Å². The summed E-state index contributed by atoms with van der Waals surface area (Å²) in [5, 5.41) is 16.3. The summed E-state index contributed by atoms with van der Waals surface area (Å²) >= 11 is 0. The summed E-state index contributed by atoms with van der Waals surface area (Å²) in [4.78, 5) is 4.84. The van der Waals surface area contributed by atoms with Crippen LogP contribution in [-0.4, -0.2) is 43.9 Å². The van der Waals surface area contributed by atoms with Crippen LogP contribution in [0.4, 0.5) is 0 Å². The molecule has 1 unspecified atom stereocenters. The van der Waals surface area contributed by atoms with Crippen LogP contribution in [0.25, 0.3) is 0 Å². The van der Waals surface area contributed by atoms with E-state index in [2.05, 4.69) is 43.5 Å². The average Bonchev–Trinajstić information content (AvgIpc) is 2.69. The van der Waals surface area contributed by atoms with E-state index in [-0.39, 0.29) is 12.0 Å². The van der Waals surface area contributed by atoms with Crippen molar-refractivity contribution >= 4 is 5.96 Å². The van der Waals surface area contributed by atoms with E-state index in [0.717, 1.165) is 63.6 Å². The van der Waals surface area contributed by atoms with Gasteiger partial charge in [0.15, 0.2) is 5.96 Å². The Morgan fingerprint density at radius 3 is 2.69 bits per heavy atom. The van der Waals surface area contributed by atoms with E-state index in [1.807, 2.05) is 12.1 Å². The second kappa shape index (κ2) is 10.4. The summed E-state index contributed by atoms with van der Waals surface area (Å²) in [6.45, 7) is 9.87. The Morgan fingerprint density at radius 2 is 2.00 bits per heavy atom. The Morgan fingerprint density at radius 1 is 1.23 bits per heavy atom. The quantitative estimate of drug-likeness (QED) is 0.466. The van der Waals surface area contributed by atoms with Gasteiger partial charge in [0.25, 0.3) is 0 Å². The Balaban J connectivity index is 2.02. The van der Waals surface area contributed by atoms with E-state index >= 15 is 0 Å². The molecule has 146 valence electrons. The predicted octanol–water partition coefficient (Wildman–Crippen LogP) is 3.30. The van der Waals surface area contributed by atoms with Crippen molar-refractivity contribution in [3.05, 3.63) is 29.8 Å². The minimum Gasteiger partial charge on any atom is -0.493 e. The van der Waals surface area contributed by atoms with Crippen LogP contribution < -0.4 is 15.4 Å². The Bertz CT molecular complexity index is 570. The molecule has 0 saturated heterocycles. The lowest BCUT2D eigenvalue weighted by molar-refractivity contribution is 0.175. The molecule has 26 heavy (non-hydrogen) atoms. The number of nitrogens with one attached hydrogen (secondary N) is 2. The second-order valence-electron chi connectivity index (χ2n) is 7.13. The molecule has 1 aliphatic rings. The lowest BCUT2D eigenvalue weighted by Crippen LogP contribution is -2.41. The highest BCUT2D eigenvalue weighted by Crippen LogP contribution is 2.33. The number of benzene rings is 1. The first-order valence-electron chi connectivity index (χ1n) is 10.0. The van der Waals surface area contributed by atoms with E-state index < -0.39 is 0 Å². The third-order valence-electron chi connectivity index (χ3n) is 5.66. The van der Waals surface area contributed by atoms with Crippen LogP contribution >= 0.6 is 0 Å². The summed E-state index contributed by atoms with van der Waals surface area (Å²) in [7, 11) is 0. The number of para-hydroxylation sites is 1. The molecule has 3 N–H and O–H groups in total. The predicted molar refractivity (Wildman–Crippen MR) is 108 cm³/mol. The second-order valence-corrected chi connectivity index (χ2v) is 7.13. The molecular weight excluding hydrogens is 326 g/mol. The van der Waals surface area contributed by atoms with E-state index in [1.165, 1.54) is 5.56 Å². The number of fused-ring (bicyclic) bond motifs is 1. The molecule has 1 atom stereocenters. The number of ether oxygens (including phenoxy) is 1. The molecule has 0 fully saturated rings. The minimum atomic E-state index is 0.0857. The van der Waals surface area contributed by atoms with Gasteiger partial charge >= 0.3 is 0 Å². The zero-order chi connectivity index (χ0) is 18.8. The maximum atomic E-state index is 9.41. The number of guanidine groups is 1. The molecule has 0 aromatic heterocycles. The normalized spacial score (nSPS) is 17.4. The van der Waals surface area contributed by atoms with Crippen molar-refractivity contribution in [2.75, 3.05) is 32.8 Å². The third-order valence-corrected chi connectivity index (χ3v) is 5.66. The number of aliphatic hydroxyl groups excluding tert-OH is 1. The summed E-state index contributed by atoms with van der Waals surface area (Å²) in [5.74, 6) is 2.30. The first-order valence-corrected chi connectivity index (χ1v) is 10.0. The van der Waals surface area contributed by atoms with Crippen LogP contribution in [0.3, 0.4) is 0 Å². The SMILES string of the molecule is CCNC(=NCC(CC)(CC)CCO)NCC1CCOc2ccccc21. The fraction of sp³-hybridized carbons (Fsp3) is 0.667. The van der Waals surface area contributed by atoms with Gasteiger partial charge in [-0.1, -0.05) is 32.0 Å². The molecule has 1 aromatic rings. The van der Waals surface area contributed by atoms with Crippen molar-refractivity contribution in [3.63, 3.8) is 0 Å². The van der Waals surface area contributed by atoms with Gasteiger partial charge in [-0.25, -0.2) is 0 Å². The van der Waals surface area contributed by atoms with Crippen LogP contribution in [0, 0.1) is 5.41 Å². The molecule has 0 bridgehead atoms. The summed E-state index contributed by atoms with van der Waals surface area (Å²) < 4.78 is 5.76. The number of nitrogens with zero attached hydrogens (tertiary/aromatic N) is 1. The Labute approximate surface area is 158 Å². The molecule has 5 nitrogen and oxygen atoms in total. The topological polar surface area (TPSA) is 65.9 Å². The van der Waals surface area contributed by atoms with Gasteiger partial charge in [-0.2, -0.15) is 0 Å². The Hall–Kier alpha value is -1.75. The summed E-state index contributed by atoms with van der Waals surface area (Å²) in [5.41, 5.74) is 1.36. The van der Waals surface area contributed by atoms with Gasteiger partial charge in [0.2, 0.25) is 0 Å². The maximum absolute atomic E-state index is 9.41. The fourth-order valence-electron chi connectivity index (χ4n) is 3.58. The first-order chi connectivity index (χ1) is 12.7. The molecule has 0 spiro atoms. The first kappa shape index (κ1) is 20.6. The van der Waals surface area contributed by atoms with Crippen LogP contribution in [0.1, 0.15) is 57.9 Å². The zero-order valence-electron chi connectivity index (χ0n) is 16.6. The number of aliphatic imine (C=N–C) groups is 1. The Kier molecular flexibility index (Phi) is 8.23. The van der Waals surface area contributed by atoms with E-state index in [0.29, 0.717) is 5.92 Å². The highest BCUT2D eigenvalue weighted by molar-refractivity contribution is 5.79. The number of aliphatic hydroxyl groups is 1. The molecule has 0 radical (unpaired) electrons. The van der Waals surface area contributed by atoms with Crippen LogP contribution in [0.5, 0.6) is 5.75 Å². The van der Waals surface area contributed by atoms with Gasteiger partial charge in [0, 0.05) is 32.2 Å². The van der Waals surface area contributed by atoms with Gasteiger partial charge < -0.3 is 20.5 Å². The number of hydrogen-bond donors (Lipinski definition) is 3. The van der Waals surface area contributed by atoms with E-state index in [9.17, 15) is 5.11 Å². The molecule has 1 heterocycles. The van der Waals surface area contributed by atoms with Gasteiger partial charge in [0.1, 0.15) is 5.75 Å².